The first-order valence-electron chi connectivity index (χ1n) is 5.68. The van der Waals surface area contributed by atoms with Gasteiger partial charge in [-0.15, -0.1) is 11.3 Å². The number of ether oxygens (including phenoxy) is 1. The van der Waals surface area contributed by atoms with Gasteiger partial charge in [0.2, 0.25) is 5.78 Å². The van der Waals surface area contributed by atoms with Crippen LogP contribution in [0.5, 0.6) is 5.75 Å². The highest BCUT2D eigenvalue weighted by Crippen LogP contribution is 2.23. The van der Waals surface area contributed by atoms with E-state index >= 15 is 0 Å². The fourth-order valence-corrected chi connectivity index (χ4v) is 2.44. The zero-order chi connectivity index (χ0) is 13.8. The van der Waals surface area contributed by atoms with E-state index in [1.54, 1.807) is 5.38 Å². The zero-order valence-corrected chi connectivity index (χ0v) is 11.2. The van der Waals surface area contributed by atoms with Crippen molar-refractivity contribution in [3.05, 3.63) is 45.7 Å². The van der Waals surface area contributed by atoms with Crippen molar-refractivity contribution in [3.63, 3.8) is 0 Å². The molecule has 4 nitrogen and oxygen atoms in total. The van der Waals surface area contributed by atoms with Crippen molar-refractivity contribution in [1.82, 2.24) is 4.98 Å². The Labute approximate surface area is 114 Å². The number of carbonyl (C=O) groups excluding carboxylic acids is 1. The molecule has 100 valence electrons. The first-order chi connectivity index (χ1) is 9.15. The summed E-state index contributed by atoms with van der Waals surface area (Å²) in [6, 6.07) is 3.83. The van der Waals surface area contributed by atoms with E-state index in [4.69, 9.17) is 10.5 Å². The van der Waals surface area contributed by atoms with Crippen LogP contribution in [0, 0.1) is 5.82 Å². The van der Waals surface area contributed by atoms with Gasteiger partial charge in [-0.05, 0) is 24.7 Å². The molecule has 2 rings (SSSR count). The number of halogens is 1. The average molecular weight is 280 g/mol. The third-order valence-corrected chi connectivity index (χ3v) is 3.46. The second kappa shape index (κ2) is 5.90. The number of benzene rings is 1. The van der Waals surface area contributed by atoms with Gasteiger partial charge in [-0.1, -0.05) is 0 Å². The molecule has 0 saturated heterocycles. The molecule has 0 aliphatic rings. The van der Waals surface area contributed by atoms with Crippen LogP contribution in [0.3, 0.4) is 0 Å². The molecular weight excluding hydrogens is 267 g/mol. The molecule has 2 aromatic rings. The fraction of sp³-hybridized carbons (Fsp3) is 0.231. The molecule has 0 unspecified atom stereocenters. The van der Waals surface area contributed by atoms with Crippen molar-refractivity contribution in [3.8, 4) is 5.75 Å². The third-order valence-electron chi connectivity index (χ3n) is 2.55. The van der Waals surface area contributed by atoms with Crippen LogP contribution in [-0.2, 0) is 6.42 Å². The largest absolute Gasteiger partial charge is 0.496 e. The minimum atomic E-state index is -0.485. The van der Waals surface area contributed by atoms with Crippen LogP contribution < -0.4 is 10.5 Å². The lowest BCUT2D eigenvalue weighted by Crippen LogP contribution is -2.06. The number of aromatic nitrogens is 1. The molecule has 0 bridgehead atoms. The summed E-state index contributed by atoms with van der Waals surface area (Å²) >= 11 is 1.37. The quantitative estimate of drug-likeness (QED) is 0.851. The van der Waals surface area contributed by atoms with E-state index in [9.17, 15) is 9.18 Å². The molecule has 0 amide bonds. The lowest BCUT2D eigenvalue weighted by molar-refractivity contribution is 0.103. The molecule has 0 spiro atoms. The number of ketones is 1. The maximum atomic E-state index is 13.2. The number of thiazole rings is 1. The van der Waals surface area contributed by atoms with E-state index in [1.165, 1.54) is 30.6 Å². The second-order valence-corrected chi connectivity index (χ2v) is 4.78. The van der Waals surface area contributed by atoms with Gasteiger partial charge in [0.1, 0.15) is 17.3 Å². The predicted molar refractivity (Wildman–Crippen MR) is 71.3 cm³/mol. The molecule has 0 aliphatic carbocycles. The number of methoxy groups -OCH3 is 1. The van der Waals surface area contributed by atoms with Gasteiger partial charge in [0, 0.05) is 11.8 Å². The van der Waals surface area contributed by atoms with Crippen molar-refractivity contribution in [2.75, 3.05) is 13.7 Å². The maximum absolute atomic E-state index is 13.2. The number of carbonyl (C=O) groups is 1. The molecule has 1 aromatic carbocycles. The Morgan fingerprint density at radius 2 is 2.32 bits per heavy atom. The number of hydrogen-bond donors (Lipinski definition) is 1. The summed E-state index contributed by atoms with van der Waals surface area (Å²) in [6.45, 7) is 0.477. The normalized spacial score (nSPS) is 10.5. The molecule has 0 fully saturated rings. The molecular formula is C13H13FN2O2S. The first kappa shape index (κ1) is 13.6. The van der Waals surface area contributed by atoms with Crippen molar-refractivity contribution in [1.29, 1.82) is 0 Å². The Hall–Kier alpha value is -1.79. The van der Waals surface area contributed by atoms with Crippen LogP contribution in [0.2, 0.25) is 0 Å². The van der Waals surface area contributed by atoms with Gasteiger partial charge >= 0.3 is 0 Å². The Kier molecular flexibility index (Phi) is 4.24. The van der Waals surface area contributed by atoms with Gasteiger partial charge in [0.05, 0.1) is 17.7 Å². The Balaban J connectivity index is 2.34. The van der Waals surface area contributed by atoms with Gasteiger partial charge in [-0.25, -0.2) is 9.37 Å². The fourth-order valence-electron chi connectivity index (χ4n) is 1.65. The van der Waals surface area contributed by atoms with Gasteiger partial charge in [-0.3, -0.25) is 4.79 Å². The standard InChI is InChI=1S/C13H13FN2O2S/c1-18-11-3-2-8(14)6-9(11)13(17)10-7-19-12(16-10)4-5-15/h2-3,6-7H,4-5,15H2,1H3. The van der Waals surface area contributed by atoms with E-state index in [0.717, 1.165) is 11.1 Å². The van der Waals surface area contributed by atoms with Gasteiger partial charge in [0.25, 0.3) is 0 Å². The molecule has 1 aromatic heterocycles. The number of nitrogens with two attached hydrogens (primary N) is 1. The molecule has 2 N–H and O–H groups in total. The summed E-state index contributed by atoms with van der Waals surface area (Å²) in [4.78, 5) is 16.5. The van der Waals surface area contributed by atoms with Crippen molar-refractivity contribution in [2.24, 2.45) is 5.73 Å². The van der Waals surface area contributed by atoms with E-state index in [-0.39, 0.29) is 17.0 Å². The summed E-state index contributed by atoms with van der Waals surface area (Å²) in [6.07, 6.45) is 0.623. The van der Waals surface area contributed by atoms with E-state index in [1.807, 2.05) is 0 Å². The second-order valence-electron chi connectivity index (χ2n) is 3.84. The maximum Gasteiger partial charge on any atom is 0.216 e. The van der Waals surface area contributed by atoms with E-state index in [0.29, 0.717) is 18.7 Å². The number of nitrogens with zero attached hydrogens (tertiary/aromatic N) is 1. The lowest BCUT2D eigenvalue weighted by atomic mass is 10.1. The topological polar surface area (TPSA) is 65.2 Å². The highest BCUT2D eigenvalue weighted by molar-refractivity contribution is 7.09. The van der Waals surface area contributed by atoms with Crippen LogP contribution in [0.1, 0.15) is 21.1 Å². The van der Waals surface area contributed by atoms with Crippen LogP contribution in [0.15, 0.2) is 23.6 Å². The zero-order valence-electron chi connectivity index (χ0n) is 10.4. The third kappa shape index (κ3) is 2.97. The summed E-state index contributed by atoms with van der Waals surface area (Å²) in [5.74, 6) is -0.503. The van der Waals surface area contributed by atoms with E-state index in [2.05, 4.69) is 4.98 Å². The Bertz CT molecular complexity index is 598. The van der Waals surface area contributed by atoms with Gasteiger partial charge < -0.3 is 10.5 Å². The van der Waals surface area contributed by atoms with Crippen LogP contribution >= 0.6 is 11.3 Å². The molecule has 0 radical (unpaired) electrons. The number of rotatable bonds is 5. The Morgan fingerprint density at radius 1 is 1.53 bits per heavy atom. The smallest absolute Gasteiger partial charge is 0.216 e. The molecule has 0 saturated carbocycles. The summed E-state index contributed by atoms with van der Waals surface area (Å²) in [7, 11) is 1.44. The molecule has 1 heterocycles. The van der Waals surface area contributed by atoms with Crippen LogP contribution in [0.4, 0.5) is 4.39 Å². The highest BCUT2D eigenvalue weighted by atomic mass is 32.1. The average Bonchev–Trinajstić information content (AvgIpc) is 2.87. The van der Waals surface area contributed by atoms with Gasteiger partial charge in [0.15, 0.2) is 0 Å². The lowest BCUT2D eigenvalue weighted by Gasteiger charge is -2.06. The summed E-state index contributed by atoms with van der Waals surface area (Å²) in [5, 5.41) is 2.44. The highest BCUT2D eigenvalue weighted by Gasteiger charge is 2.18. The van der Waals surface area contributed by atoms with E-state index < -0.39 is 5.82 Å². The monoisotopic (exact) mass is 280 g/mol. The summed E-state index contributed by atoms with van der Waals surface area (Å²) in [5.41, 5.74) is 5.90. The summed E-state index contributed by atoms with van der Waals surface area (Å²) < 4.78 is 18.3. The Morgan fingerprint density at radius 3 is 3.00 bits per heavy atom. The number of hydrogen-bond acceptors (Lipinski definition) is 5. The van der Waals surface area contributed by atoms with Gasteiger partial charge in [-0.2, -0.15) is 0 Å². The SMILES string of the molecule is COc1ccc(F)cc1C(=O)c1csc(CCN)n1. The minimum Gasteiger partial charge on any atom is -0.496 e. The van der Waals surface area contributed by atoms with Crippen molar-refractivity contribution in [2.45, 2.75) is 6.42 Å². The predicted octanol–water partition coefficient (Wildman–Crippen LogP) is 2.02. The van der Waals surface area contributed by atoms with Crippen LogP contribution in [-0.4, -0.2) is 24.4 Å². The van der Waals surface area contributed by atoms with Crippen molar-refractivity contribution >= 4 is 17.1 Å². The molecule has 0 aliphatic heterocycles. The molecule has 19 heavy (non-hydrogen) atoms. The first-order valence-corrected chi connectivity index (χ1v) is 6.56. The molecule has 6 heteroatoms. The van der Waals surface area contributed by atoms with Crippen molar-refractivity contribution < 1.29 is 13.9 Å². The molecule has 0 atom stereocenters. The minimum absolute atomic E-state index is 0.173. The van der Waals surface area contributed by atoms with Crippen LogP contribution in [0.25, 0.3) is 0 Å².